The summed E-state index contributed by atoms with van der Waals surface area (Å²) in [6, 6.07) is 34.5. The molecule has 0 bridgehead atoms. The Labute approximate surface area is 200 Å². The Hall–Kier alpha value is -4.30. The largest absolute Gasteiger partial charge is 0.256 e. The molecular weight excluding hydrogens is 412 g/mol. The molecule has 34 heavy (non-hydrogen) atoms. The number of fused-ring (bicyclic) bond motifs is 3. The van der Waals surface area contributed by atoms with E-state index in [9.17, 15) is 0 Å². The van der Waals surface area contributed by atoms with E-state index in [0.29, 0.717) is 0 Å². The number of pyridine rings is 2. The van der Waals surface area contributed by atoms with Crippen LogP contribution in [0.1, 0.15) is 22.3 Å². The highest BCUT2D eigenvalue weighted by Gasteiger charge is 2.31. The lowest BCUT2D eigenvalue weighted by molar-refractivity contribution is -0.562. The molecule has 1 aliphatic heterocycles. The van der Waals surface area contributed by atoms with Gasteiger partial charge in [0.15, 0.2) is 6.20 Å². The molecule has 0 saturated carbocycles. The lowest BCUT2D eigenvalue weighted by atomic mass is 9.97. The van der Waals surface area contributed by atoms with E-state index in [1.54, 1.807) is 0 Å². The smallest absolute Gasteiger partial charge is 0.219 e. The van der Waals surface area contributed by atoms with Crippen LogP contribution in [0.4, 0.5) is 0 Å². The highest BCUT2D eigenvalue weighted by atomic mass is 15.0. The van der Waals surface area contributed by atoms with Crippen molar-refractivity contribution < 1.29 is 4.57 Å². The van der Waals surface area contributed by atoms with Gasteiger partial charge in [0.2, 0.25) is 11.4 Å². The lowest BCUT2D eigenvalue weighted by Gasteiger charge is -2.10. The van der Waals surface area contributed by atoms with Gasteiger partial charge in [0.1, 0.15) is 0 Å². The van der Waals surface area contributed by atoms with Gasteiger partial charge in [-0.05, 0) is 60.9 Å². The summed E-state index contributed by atoms with van der Waals surface area (Å²) in [6.07, 6.45) is 6.35. The standard InChI is InChI=1S/C32H25N2/c1-22-17-23(2)19-26(18-22)24-14-15-33-30(20-24)27-10-4-3-9-25(27)21-32-29-12-6-5-11-28(29)31-13-7-8-16-34(31)32/h3-21H,1-2H3/q+1/b32-21+. The summed E-state index contributed by atoms with van der Waals surface area (Å²) >= 11 is 0. The van der Waals surface area contributed by atoms with Gasteiger partial charge in [-0.1, -0.05) is 65.7 Å². The first-order valence-corrected chi connectivity index (χ1v) is 11.6. The Kier molecular flexibility index (Phi) is 4.92. The molecule has 162 valence electrons. The van der Waals surface area contributed by atoms with E-state index in [4.69, 9.17) is 4.98 Å². The van der Waals surface area contributed by atoms with Gasteiger partial charge in [-0.3, -0.25) is 4.98 Å². The fraction of sp³-hybridized carbons (Fsp3) is 0.0625. The number of benzene rings is 3. The van der Waals surface area contributed by atoms with Crippen LogP contribution in [0.2, 0.25) is 0 Å². The summed E-state index contributed by atoms with van der Waals surface area (Å²) in [5, 5.41) is 0. The van der Waals surface area contributed by atoms with Crippen LogP contribution < -0.4 is 4.57 Å². The summed E-state index contributed by atoms with van der Waals surface area (Å²) in [5.74, 6) is 0. The third-order valence-corrected chi connectivity index (χ3v) is 6.44. The minimum Gasteiger partial charge on any atom is -0.256 e. The molecule has 0 unspecified atom stereocenters. The quantitative estimate of drug-likeness (QED) is 0.265. The van der Waals surface area contributed by atoms with Gasteiger partial charge >= 0.3 is 0 Å². The minimum atomic E-state index is 0.980. The maximum Gasteiger partial charge on any atom is 0.219 e. The highest BCUT2D eigenvalue weighted by Crippen LogP contribution is 2.35. The second-order valence-electron chi connectivity index (χ2n) is 8.92. The number of aryl methyl sites for hydroxylation is 2. The predicted molar refractivity (Wildman–Crippen MR) is 140 cm³/mol. The van der Waals surface area contributed by atoms with E-state index >= 15 is 0 Å². The summed E-state index contributed by atoms with van der Waals surface area (Å²) in [4.78, 5) is 4.77. The number of rotatable bonds is 3. The van der Waals surface area contributed by atoms with E-state index in [-0.39, 0.29) is 0 Å². The van der Waals surface area contributed by atoms with Gasteiger partial charge in [0.05, 0.1) is 16.8 Å². The zero-order chi connectivity index (χ0) is 23.1. The molecule has 0 radical (unpaired) electrons. The SMILES string of the molecule is Cc1cc(C)cc(-c2ccnc(-c3ccccc3/C=C3\c4ccccc4-c4cccc[n+]43)c2)c1. The van der Waals surface area contributed by atoms with Crippen LogP contribution in [0.5, 0.6) is 0 Å². The Morgan fingerprint density at radius 1 is 0.647 bits per heavy atom. The van der Waals surface area contributed by atoms with Gasteiger partial charge in [-0.25, -0.2) is 0 Å². The van der Waals surface area contributed by atoms with Crippen molar-refractivity contribution in [3.8, 4) is 33.6 Å². The Morgan fingerprint density at radius 2 is 1.35 bits per heavy atom. The molecule has 2 heteroatoms. The summed E-state index contributed by atoms with van der Waals surface area (Å²) in [6.45, 7) is 4.30. The molecule has 3 aromatic carbocycles. The van der Waals surface area contributed by atoms with Crippen LogP contribution in [-0.2, 0) is 0 Å². The van der Waals surface area contributed by atoms with E-state index < -0.39 is 0 Å². The zero-order valence-corrected chi connectivity index (χ0v) is 19.4. The van der Waals surface area contributed by atoms with Crippen molar-refractivity contribution in [3.05, 3.63) is 132 Å². The summed E-state index contributed by atoms with van der Waals surface area (Å²) in [7, 11) is 0. The molecule has 0 fully saturated rings. The van der Waals surface area contributed by atoms with Crippen molar-refractivity contribution in [1.29, 1.82) is 0 Å². The topological polar surface area (TPSA) is 16.8 Å². The van der Waals surface area contributed by atoms with Crippen LogP contribution in [-0.4, -0.2) is 4.98 Å². The second kappa shape index (κ2) is 8.24. The lowest BCUT2D eigenvalue weighted by Crippen LogP contribution is -2.30. The molecule has 6 rings (SSSR count). The fourth-order valence-corrected chi connectivity index (χ4v) is 4.98. The Balaban J connectivity index is 1.49. The van der Waals surface area contributed by atoms with Crippen molar-refractivity contribution in [2.75, 3.05) is 0 Å². The first kappa shape index (κ1) is 20.3. The molecule has 0 saturated heterocycles. The number of hydrogen-bond donors (Lipinski definition) is 0. The molecule has 0 amide bonds. The maximum atomic E-state index is 4.77. The van der Waals surface area contributed by atoms with Gasteiger partial charge in [0, 0.05) is 30.0 Å². The van der Waals surface area contributed by atoms with Crippen molar-refractivity contribution in [2.45, 2.75) is 13.8 Å². The molecule has 2 aromatic heterocycles. The zero-order valence-electron chi connectivity index (χ0n) is 19.4. The molecule has 0 spiro atoms. The monoisotopic (exact) mass is 437 g/mol. The summed E-state index contributed by atoms with van der Waals surface area (Å²) < 4.78 is 2.28. The fourth-order valence-electron chi connectivity index (χ4n) is 4.98. The highest BCUT2D eigenvalue weighted by molar-refractivity contribution is 5.90. The van der Waals surface area contributed by atoms with Crippen LogP contribution in [0, 0.1) is 13.8 Å². The maximum absolute atomic E-state index is 4.77. The minimum absolute atomic E-state index is 0.980. The van der Waals surface area contributed by atoms with Crippen LogP contribution in [0.15, 0.2) is 109 Å². The van der Waals surface area contributed by atoms with E-state index in [2.05, 4.69) is 128 Å². The van der Waals surface area contributed by atoms with E-state index in [1.807, 2.05) is 6.20 Å². The third-order valence-electron chi connectivity index (χ3n) is 6.44. The predicted octanol–water partition coefficient (Wildman–Crippen LogP) is 7.35. The molecule has 2 nitrogen and oxygen atoms in total. The van der Waals surface area contributed by atoms with Gasteiger partial charge < -0.3 is 0 Å². The van der Waals surface area contributed by atoms with Crippen LogP contribution in [0.3, 0.4) is 0 Å². The molecule has 0 N–H and O–H groups in total. The van der Waals surface area contributed by atoms with Gasteiger partial charge in [-0.15, -0.1) is 0 Å². The van der Waals surface area contributed by atoms with Crippen LogP contribution >= 0.6 is 0 Å². The molecule has 0 atom stereocenters. The average Bonchev–Trinajstić information content (AvgIpc) is 3.18. The molecule has 0 aliphatic carbocycles. The third kappa shape index (κ3) is 3.54. The van der Waals surface area contributed by atoms with Gasteiger partial charge in [0.25, 0.3) is 0 Å². The number of hydrogen-bond acceptors (Lipinski definition) is 1. The van der Waals surface area contributed by atoms with Crippen molar-refractivity contribution in [3.63, 3.8) is 0 Å². The normalized spacial score (nSPS) is 13.1. The number of aromatic nitrogens is 2. The van der Waals surface area contributed by atoms with Crippen molar-refractivity contribution in [2.24, 2.45) is 0 Å². The Bertz CT molecular complexity index is 1510. The van der Waals surface area contributed by atoms with Crippen molar-refractivity contribution in [1.82, 2.24) is 4.98 Å². The molecule has 3 heterocycles. The van der Waals surface area contributed by atoms with Gasteiger partial charge in [-0.2, -0.15) is 4.57 Å². The number of nitrogens with zero attached hydrogens (tertiary/aromatic N) is 2. The molecule has 1 aliphatic rings. The molecule has 5 aromatic rings. The first-order valence-electron chi connectivity index (χ1n) is 11.6. The van der Waals surface area contributed by atoms with Crippen LogP contribution in [0.25, 0.3) is 45.4 Å². The van der Waals surface area contributed by atoms with E-state index in [0.717, 1.165) is 16.8 Å². The molecular formula is C32H25N2+. The summed E-state index contributed by atoms with van der Waals surface area (Å²) in [5.41, 5.74) is 13.1. The van der Waals surface area contributed by atoms with E-state index in [1.165, 1.54) is 44.8 Å². The first-order chi connectivity index (χ1) is 16.7. The second-order valence-corrected chi connectivity index (χ2v) is 8.92. The Morgan fingerprint density at radius 3 is 2.18 bits per heavy atom. The average molecular weight is 438 g/mol. The van der Waals surface area contributed by atoms with Crippen molar-refractivity contribution >= 4 is 11.8 Å².